The van der Waals surface area contributed by atoms with Gasteiger partial charge in [0.1, 0.15) is 23.5 Å². The van der Waals surface area contributed by atoms with E-state index in [2.05, 4.69) is 4.90 Å². The van der Waals surface area contributed by atoms with Crippen LogP contribution in [0.1, 0.15) is 23.5 Å². The fourth-order valence-electron chi connectivity index (χ4n) is 3.39. The van der Waals surface area contributed by atoms with Crippen molar-refractivity contribution in [2.75, 3.05) is 20.1 Å². The second kappa shape index (κ2) is 5.70. The van der Waals surface area contributed by atoms with Crippen LogP contribution in [-0.4, -0.2) is 37.1 Å². The van der Waals surface area contributed by atoms with Crippen LogP contribution in [0.25, 0.3) is 0 Å². The minimum atomic E-state index is -0.415. The van der Waals surface area contributed by atoms with Crippen molar-refractivity contribution in [3.8, 4) is 11.5 Å². The molecule has 0 N–H and O–H groups in total. The molecule has 1 fully saturated rings. The number of fused-ring (bicyclic) bond motifs is 2. The van der Waals surface area contributed by atoms with Crippen LogP contribution in [0.3, 0.4) is 0 Å². The lowest BCUT2D eigenvalue weighted by atomic mass is 9.88. The number of likely N-dealkylation sites (tertiary alicyclic amines) is 1. The van der Waals surface area contributed by atoms with Gasteiger partial charge in [-0.05, 0) is 25.6 Å². The number of para-hydroxylation sites is 2. The predicted octanol–water partition coefficient (Wildman–Crippen LogP) is 3.17. The van der Waals surface area contributed by atoms with E-state index in [4.69, 9.17) is 9.47 Å². The highest BCUT2D eigenvalue weighted by Gasteiger charge is 2.35. The molecular weight excluding hydrogens is 290 g/mol. The average molecular weight is 309 g/mol. The van der Waals surface area contributed by atoms with Crippen LogP contribution >= 0.6 is 0 Å². The first-order valence-corrected chi connectivity index (χ1v) is 7.97. The third-order valence-electron chi connectivity index (χ3n) is 4.55. The summed E-state index contributed by atoms with van der Waals surface area (Å²) >= 11 is 0. The van der Waals surface area contributed by atoms with Crippen molar-refractivity contribution in [2.45, 2.75) is 18.4 Å². The Labute approximate surface area is 135 Å². The lowest BCUT2D eigenvalue weighted by molar-refractivity contribution is -0.149. The van der Waals surface area contributed by atoms with E-state index in [9.17, 15) is 4.79 Å². The maximum absolute atomic E-state index is 12.9. The Morgan fingerprint density at radius 3 is 2.26 bits per heavy atom. The predicted molar refractivity (Wildman–Crippen MR) is 86.8 cm³/mol. The zero-order valence-corrected chi connectivity index (χ0v) is 13.1. The number of nitrogens with zero attached hydrogens (tertiary/aromatic N) is 1. The van der Waals surface area contributed by atoms with Gasteiger partial charge in [0.15, 0.2) is 0 Å². The quantitative estimate of drug-likeness (QED) is 0.799. The maximum atomic E-state index is 12.9. The van der Waals surface area contributed by atoms with Crippen molar-refractivity contribution in [1.82, 2.24) is 4.90 Å². The third-order valence-corrected chi connectivity index (χ3v) is 4.55. The van der Waals surface area contributed by atoms with Crippen LogP contribution in [-0.2, 0) is 9.53 Å². The monoisotopic (exact) mass is 309 g/mol. The van der Waals surface area contributed by atoms with E-state index >= 15 is 0 Å². The van der Waals surface area contributed by atoms with Gasteiger partial charge in [0, 0.05) is 24.2 Å². The molecule has 0 unspecified atom stereocenters. The zero-order valence-electron chi connectivity index (χ0n) is 13.1. The SMILES string of the molecule is CN1CC[C@@H](OC(=O)C2c3ccccc3Oc3ccccc32)C1. The second-order valence-electron chi connectivity index (χ2n) is 6.22. The molecule has 1 saturated heterocycles. The molecule has 0 bridgehead atoms. The number of ether oxygens (including phenoxy) is 2. The van der Waals surface area contributed by atoms with Crippen molar-refractivity contribution in [1.29, 1.82) is 0 Å². The van der Waals surface area contributed by atoms with Crippen LogP contribution in [0.2, 0.25) is 0 Å². The summed E-state index contributed by atoms with van der Waals surface area (Å²) in [5.41, 5.74) is 1.75. The van der Waals surface area contributed by atoms with Gasteiger partial charge in [-0.2, -0.15) is 0 Å². The Morgan fingerprint density at radius 1 is 1.09 bits per heavy atom. The molecule has 0 aromatic heterocycles. The van der Waals surface area contributed by atoms with E-state index in [1.807, 2.05) is 55.6 Å². The van der Waals surface area contributed by atoms with Crippen LogP contribution < -0.4 is 4.74 Å². The van der Waals surface area contributed by atoms with E-state index in [-0.39, 0.29) is 12.1 Å². The fourth-order valence-corrected chi connectivity index (χ4v) is 3.39. The number of esters is 1. The summed E-state index contributed by atoms with van der Waals surface area (Å²) in [6.07, 6.45) is 0.879. The smallest absolute Gasteiger partial charge is 0.318 e. The molecule has 4 heteroatoms. The number of benzene rings is 2. The van der Waals surface area contributed by atoms with Gasteiger partial charge in [0.25, 0.3) is 0 Å². The summed E-state index contributed by atoms with van der Waals surface area (Å²) < 4.78 is 11.7. The van der Waals surface area contributed by atoms with E-state index < -0.39 is 5.92 Å². The summed E-state index contributed by atoms with van der Waals surface area (Å²) in [4.78, 5) is 15.1. The van der Waals surface area contributed by atoms with Crippen LogP contribution in [0.15, 0.2) is 48.5 Å². The Morgan fingerprint density at radius 2 is 1.70 bits per heavy atom. The zero-order chi connectivity index (χ0) is 15.8. The van der Waals surface area contributed by atoms with Crippen molar-refractivity contribution < 1.29 is 14.3 Å². The van der Waals surface area contributed by atoms with Gasteiger partial charge in [-0.1, -0.05) is 36.4 Å². The summed E-state index contributed by atoms with van der Waals surface area (Å²) in [6, 6.07) is 15.4. The molecule has 2 aromatic carbocycles. The van der Waals surface area contributed by atoms with Crippen molar-refractivity contribution in [3.05, 3.63) is 59.7 Å². The van der Waals surface area contributed by atoms with Gasteiger partial charge in [0.05, 0.1) is 0 Å². The van der Waals surface area contributed by atoms with Crippen LogP contribution in [0, 0.1) is 0 Å². The standard InChI is InChI=1S/C19H19NO3/c1-20-11-10-13(12-20)22-19(21)18-14-6-2-4-8-16(14)23-17-9-5-3-7-15(17)18/h2-9,13,18H,10-12H2,1H3/t13-/m1/s1. The first kappa shape index (κ1) is 14.3. The summed E-state index contributed by atoms with van der Waals surface area (Å²) in [5.74, 6) is 0.865. The summed E-state index contributed by atoms with van der Waals surface area (Å²) in [7, 11) is 2.05. The van der Waals surface area contributed by atoms with Crippen molar-refractivity contribution in [2.24, 2.45) is 0 Å². The Kier molecular flexibility index (Phi) is 3.54. The number of hydrogen-bond acceptors (Lipinski definition) is 4. The number of carbonyl (C=O) groups is 1. The molecule has 0 amide bonds. The highest BCUT2D eigenvalue weighted by molar-refractivity contribution is 5.85. The third kappa shape index (κ3) is 2.59. The van der Waals surface area contributed by atoms with Crippen molar-refractivity contribution in [3.63, 3.8) is 0 Å². The van der Waals surface area contributed by atoms with E-state index in [1.54, 1.807) is 0 Å². The van der Waals surface area contributed by atoms with Gasteiger partial charge in [-0.3, -0.25) is 4.79 Å². The molecule has 2 aromatic rings. The number of likely N-dealkylation sites (N-methyl/N-ethyl adjacent to an activating group) is 1. The molecule has 2 aliphatic rings. The minimum Gasteiger partial charge on any atom is -0.460 e. The molecule has 0 aliphatic carbocycles. The van der Waals surface area contributed by atoms with Crippen molar-refractivity contribution >= 4 is 5.97 Å². The summed E-state index contributed by atoms with van der Waals surface area (Å²) in [6.45, 7) is 1.77. The minimum absolute atomic E-state index is 0.0188. The van der Waals surface area contributed by atoms with Crippen LogP contribution in [0.4, 0.5) is 0 Å². The molecule has 2 aliphatic heterocycles. The highest BCUT2D eigenvalue weighted by atomic mass is 16.5. The van der Waals surface area contributed by atoms with Gasteiger partial charge in [0.2, 0.25) is 0 Å². The first-order valence-electron chi connectivity index (χ1n) is 7.97. The molecule has 1 atom stereocenters. The van der Waals surface area contributed by atoms with E-state index in [1.165, 1.54) is 0 Å². The maximum Gasteiger partial charge on any atom is 0.318 e. The summed E-state index contributed by atoms with van der Waals surface area (Å²) in [5, 5.41) is 0. The molecule has 0 spiro atoms. The van der Waals surface area contributed by atoms with Gasteiger partial charge < -0.3 is 14.4 Å². The average Bonchev–Trinajstić information content (AvgIpc) is 2.97. The molecule has 2 heterocycles. The topological polar surface area (TPSA) is 38.8 Å². The molecule has 118 valence electrons. The van der Waals surface area contributed by atoms with E-state index in [0.29, 0.717) is 0 Å². The Balaban J connectivity index is 1.68. The molecule has 4 rings (SSSR count). The normalized spacial score (nSPS) is 20.5. The number of carbonyl (C=O) groups excluding carboxylic acids is 1. The lowest BCUT2D eigenvalue weighted by Gasteiger charge is -2.27. The first-order chi connectivity index (χ1) is 11.2. The molecule has 23 heavy (non-hydrogen) atoms. The molecule has 4 nitrogen and oxygen atoms in total. The largest absolute Gasteiger partial charge is 0.460 e. The van der Waals surface area contributed by atoms with Gasteiger partial charge in [-0.15, -0.1) is 0 Å². The number of rotatable bonds is 2. The fraction of sp³-hybridized carbons (Fsp3) is 0.316. The van der Waals surface area contributed by atoms with Crippen LogP contribution in [0.5, 0.6) is 11.5 Å². The molecule has 0 saturated carbocycles. The highest BCUT2D eigenvalue weighted by Crippen LogP contribution is 2.44. The Bertz CT molecular complexity index is 697. The Hall–Kier alpha value is -2.33. The number of hydrogen-bond donors (Lipinski definition) is 0. The van der Waals surface area contributed by atoms with Gasteiger partial charge in [-0.25, -0.2) is 0 Å². The lowest BCUT2D eigenvalue weighted by Crippen LogP contribution is -2.27. The van der Waals surface area contributed by atoms with Gasteiger partial charge >= 0.3 is 5.97 Å². The molecule has 0 radical (unpaired) electrons. The van der Waals surface area contributed by atoms with E-state index in [0.717, 1.165) is 42.1 Å². The molecular formula is C19H19NO3. The second-order valence-corrected chi connectivity index (χ2v) is 6.22.